The van der Waals surface area contributed by atoms with Crippen LogP contribution < -0.4 is 11.1 Å². The highest BCUT2D eigenvalue weighted by molar-refractivity contribution is 5.86. The third-order valence-corrected chi connectivity index (χ3v) is 4.32. The SMILES string of the molecule is CC(C)c1cnnc(-c2cc3ncc(NC4COC4)cc3nc2N)c1. The van der Waals surface area contributed by atoms with Crippen molar-refractivity contribution in [3.63, 3.8) is 0 Å². The van der Waals surface area contributed by atoms with Crippen LogP contribution in [0.25, 0.3) is 22.3 Å². The molecule has 4 rings (SSSR count). The van der Waals surface area contributed by atoms with E-state index in [1.807, 2.05) is 18.2 Å². The summed E-state index contributed by atoms with van der Waals surface area (Å²) in [6.07, 6.45) is 3.58. The molecule has 3 aromatic heterocycles. The third kappa shape index (κ3) is 3.10. The summed E-state index contributed by atoms with van der Waals surface area (Å²) in [5.41, 5.74) is 11.2. The van der Waals surface area contributed by atoms with Crippen molar-refractivity contribution in [1.29, 1.82) is 0 Å². The maximum Gasteiger partial charge on any atom is 0.133 e. The fraction of sp³-hybridized carbons (Fsp3) is 0.333. The lowest BCUT2D eigenvalue weighted by Crippen LogP contribution is -2.40. The van der Waals surface area contributed by atoms with Gasteiger partial charge in [-0.25, -0.2) is 4.98 Å². The lowest BCUT2D eigenvalue weighted by atomic mass is 10.0. The zero-order valence-electron chi connectivity index (χ0n) is 14.2. The van der Waals surface area contributed by atoms with Crippen LogP contribution in [-0.2, 0) is 4.74 Å². The summed E-state index contributed by atoms with van der Waals surface area (Å²) >= 11 is 0. The predicted molar refractivity (Wildman–Crippen MR) is 97.3 cm³/mol. The quantitative estimate of drug-likeness (QED) is 0.755. The molecule has 0 radical (unpaired) electrons. The molecule has 0 aromatic carbocycles. The van der Waals surface area contributed by atoms with Crippen molar-refractivity contribution in [2.45, 2.75) is 25.8 Å². The number of nitrogen functional groups attached to an aromatic ring is 1. The maximum absolute atomic E-state index is 6.19. The molecule has 7 heteroatoms. The Bertz CT molecular complexity index is 923. The first kappa shape index (κ1) is 15.7. The van der Waals surface area contributed by atoms with Gasteiger partial charge in [-0.1, -0.05) is 13.8 Å². The van der Waals surface area contributed by atoms with E-state index >= 15 is 0 Å². The Labute approximate surface area is 145 Å². The number of rotatable bonds is 4. The van der Waals surface area contributed by atoms with Gasteiger partial charge in [0.05, 0.1) is 54.1 Å². The number of aromatic nitrogens is 4. The number of pyridine rings is 2. The van der Waals surface area contributed by atoms with E-state index in [1.165, 1.54) is 0 Å². The molecule has 1 aliphatic rings. The highest BCUT2D eigenvalue weighted by atomic mass is 16.5. The molecule has 0 amide bonds. The van der Waals surface area contributed by atoms with Gasteiger partial charge in [0.2, 0.25) is 0 Å². The number of nitrogens with two attached hydrogens (primary N) is 1. The van der Waals surface area contributed by atoms with Crippen LogP contribution in [0.1, 0.15) is 25.3 Å². The third-order valence-electron chi connectivity index (χ3n) is 4.32. The largest absolute Gasteiger partial charge is 0.383 e. The molecule has 4 heterocycles. The standard InChI is InChI=1S/C18H20N6O/c1-10(2)11-3-15(24-21-6-11)14-5-16-17(23-18(14)19)4-12(7-20-16)22-13-8-25-9-13/h3-7,10,13,22H,8-9H2,1-2H3,(H2,19,23). The molecular weight excluding hydrogens is 316 g/mol. The summed E-state index contributed by atoms with van der Waals surface area (Å²) in [6, 6.07) is 6.22. The number of ether oxygens (including phenoxy) is 1. The zero-order chi connectivity index (χ0) is 17.4. The van der Waals surface area contributed by atoms with Crippen molar-refractivity contribution in [1.82, 2.24) is 20.2 Å². The number of hydrogen-bond acceptors (Lipinski definition) is 7. The van der Waals surface area contributed by atoms with Gasteiger partial charge in [0, 0.05) is 5.56 Å². The van der Waals surface area contributed by atoms with Crippen molar-refractivity contribution in [3.05, 3.63) is 36.2 Å². The molecule has 0 saturated carbocycles. The first-order valence-electron chi connectivity index (χ1n) is 8.33. The predicted octanol–water partition coefficient (Wildman–Crippen LogP) is 2.60. The van der Waals surface area contributed by atoms with Gasteiger partial charge in [0.15, 0.2) is 0 Å². The molecule has 0 bridgehead atoms. The van der Waals surface area contributed by atoms with E-state index in [1.54, 1.807) is 12.4 Å². The van der Waals surface area contributed by atoms with Crippen molar-refractivity contribution in [3.8, 4) is 11.3 Å². The number of hydrogen-bond donors (Lipinski definition) is 2. The van der Waals surface area contributed by atoms with Crippen LogP contribution in [0.4, 0.5) is 11.5 Å². The molecule has 0 aliphatic carbocycles. The second-order valence-corrected chi connectivity index (χ2v) is 6.59. The molecule has 1 saturated heterocycles. The average molecular weight is 336 g/mol. The van der Waals surface area contributed by atoms with E-state index in [9.17, 15) is 0 Å². The highest BCUT2D eigenvalue weighted by Gasteiger charge is 2.18. The topological polar surface area (TPSA) is 98.8 Å². The van der Waals surface area contributed by atoms with Gasteiger partial charge in [0.1, 0.15) is 5.82 Å². The Morgan fingerprint density at radius 3 is 2.72 bits per heavy atom. The Balaban J connectivity index is 1.71. The van der Waals surface area contributed by atoms with Crippen LogP contribution >= 0.6 is 0 Å². The monoisotopic (exact) mass is 336 g/mol. The molecular formula is C18H20N6O. The van der Waals surface area contributed by atoms with Crippen LogP contribution in [0.15, 0.2) is 30.6 Å². The maximum atomic E-state index is 6.19. The lowest BCUT2D eigenvalue weighted by Gasteiger charge is -2.27. The first-order valence-corrected chi connectivity index (χ1v) is 8.33. The minimum Gasteiger partial charge on any atom is -0.383 e. The van der Waals surface area contributed by atoms with Crippen LogP contribution in [0.5, 0.6) is 0 Å². The number of nitrogens with zero attached hydrogens (tertiary/aromatic N) is 4. The summed E-state index contributed by atoms with van der Waals surface area (Å²) < 4.78 is 5.17. The van der Waals surface area contributed by atoms with E-state index in [4.69, 9.17) is 10.5 Å². The summed E-state index contributed by atoms with van der Waals surface area (Å²) in [4.78, 5) is 9.02. The minimum absolute atomic E-state index is 0.338. The molecule has 0 atom stereocenters. The fourth-order valence-corrected chi connectivity index (χ4v) is 2.73. The second-order valence-electron chi connectivity index (χ2n) is 6.59. The van der Waals surface area contributed by atoms with Crippen LogP contribution in [0, 0.1) is 0 Å². The van der Waals surface area contributed by atoms with Gasteiger partial charge in [0.25, 0.3) is 0 Å². The minimum atomic E-state index is 0.338. The smallest absolute Gasteiger partial charge is 0.133 e. The van der Waals surface area contributed by atoms with Gasteiger partial charge < -0.3 is 15.8 Å². The Morgan fingerprint density at radius 2 is 2.00 bits per heavy atom. The van der Waals surface area contributed by atoms with Crippen molar-refractivity contribution in [2.75, 3.05) is 24.3 Å². The van der Waals surface area contributed by atoms with Crippen LogP contribution in [0.3, 0.4) is 0 Å². The van der Waals surface area contributed by atoms with Gasteiger partial charge in [-0.2, -0.15) is 10.2 Å². The summed E-state index contributed by atoms with van der Waals surface area (Å²) in [6.45, 7) is 5.67. The van der Waals surface area contributed by atoms with Crippen LogP contribution in [0.2, 0.25) is 0 Å². The number of anilines is 2. The van der Waals surface area contributed by atoms with Crippen molar-refractivity contribution in [2.24, 2.45) is 0 Å². The van der Waals surface area contributed by atoms with Gasteiger partial charge in [-0.3, -0.25) is 4.98 Å². The van der Waals surface area contributed by atoms with E-state index in [-0.39, 0.29) is 0 Å². The first-order chi connectivity index (χ1) is 12.1. The summed E-state index contributed by atoms with van der Waals surface area (Å²) in [7, 11) is 0. The molecule has 25 heavy (non-hydrogen) atoms. The molecule has 7 nitrogen and oxygen atoms in total. The summed E-state index contributed by atoms with van der Waals surface area (Å²) in [5.74, 6) is 0.791. The number of fused-ring (bicyclic) bond motifs is 1. The zero-order valence-corrected chi connectivity index (χ0v) is 14.2. The van der Waals surface area contributed by atoms with Gasteiger partial charge in [-0.05, 0) is 29.7 Å². The normalized spacial score (nSPS) is 14.7. The van der Waals surface area contributed by atoms with Gasteiger partial charge in [-0.15, -0.1) is 0 Å². The fourth-order valence-electron chi connectivity index (χ4n) is 2.73. The Hall–Kier alpha value is -2.80. The van der Waals surface area contributed by atoms with E-state index in [2.05, 4.69) is 39.3 Å². The highest BCUT2D eigenvalue weighted by Crippen LogP contribution is 2.28. The summed E-state index contributed by atoms with van der Waals surface area (Å²) in [5, 5.41) is 11.7. The van der Waals surface area contributed by atoms with Gasteiger partial charge >= 0.3 is 0 Å². The van der Waals surface area contributed by atoms with Crippen molar-refractivity contribution < 1.29 is 4.74 Å². The van der Waals surface area contributed by atoms with E-state index < -0.39 is 0 Å². The van der Waals surface area contributed by atoms with Crippen molar-refractivity contribution >= 4 is 22.5 Å². The van der Waals surface area contributed by atoms with Crippen LogP contribution in [-0.4, -0.2) is 39.4 Å². The lowest BCUT2D eigenvalue weighted by molar-refractivity contribution is 0.0211. The number of nitrogens with one attached hydrogen (secondary N) is 1. The molecule has 128 valence electrons. The second kappa shape index (κ2) is 6.25. The molecule has 0 spiro atoms. The molecule has 0 unspecified atom stereocenters. The molecule has 1 aliphatic heterocycles. The molecule has 3 aromatic rings. The molecule has 1 fully saturated rings. The Kier molecular flexibility index (Phi) is 3.93. The molecule has 3 N–H and O–H groups in total. The van der Waals surface area contributed by atoms with E-state index in [0.717, 1.165) is 41.1 Å². The average Bonchev–Trinajstić information content (AvgIpc) is 2.57. The Morgan fingerprint density at radius 1 is 1.16 bits per heavy atom. The van der Waals surface area contributed by atoms with E-state index in [0.29, 0.717) is 23.5 Å².